The number of carbonyl (C=O) groups excluding carboxylic acids is 2. The van der Waals surface area contributed by atoms with E-state index in [9.17, 15) is 18.0 Å². The van der Waals surface area contributed by atoms with Crippen LogP contribution in [0.25, 0.3) is 0 Å². The fraction of sp³-hybridized carbons (Fsp3) is 0.222. The zero-order valence-corrected chi connectivity index (χ0v) is 16.4. The first-order chi connectivity index (χ1) is 12.9. The summed E-state index contributed by atoms with van der Waals surface area (Å²) in [4.78, 5) is 25.8. The topological polar surface area (TPSA) is 92.8 Å². The van der Waals surface area contributed by atoms with Crippen molar-refractivity contribution in [1.29, 1.82) is 0 Å². The molecule has 9 heteroatoms. The molecule has 7 nitrogen and oxygen atoms in total. The van der Waals surface area contributed by atoms with Crippen LogP contribution in [0.4, 0.5) is 11.4 Å². The minimum Gasteiger partial charge on any atom is -0.495 e. The fourth-order valence-electron chi connectivity index (χ4n) is 2.79. The number of carbonyl (C=O) groups is 2. The van der Waals surface area contributed by atoms with Crippen molar-refractivity contribution in [3.05, 3.63) is 42.5 Å². The van der Waals surface area contributed by atoms with Crippen LogP contribution < -0.4 is 14.4 Å². The second kappa shape index (κ2) is 7.61. The van der Waals surface area contributed by atoms with E-state index < -0.39 is 10.0 Å². The summed E-state index contributed by atoms with van der Waals surface area (Å²) < 4.78 is 33.5. The van der Waals surface area contributed by atoms with E-state index in [0.29, 0.717) is 5.69 Å². The Balaban J connectivity index is 2.02. The van der Waals surface area contributed by atoms with Crippen LogP contribution in [0.15, 0.2) is 52.3 Å². The Morgan fingerprint density at radius 3 is 2.37 bits per heavy atom. The summed E-state index contributed by atoms with van der Waals surface area (Å²) in [6.07, 6.45) is 2.04. The molecule has 0 spiro atoms. The molecule has 2 amide bonds. The van der Waals surface area contributed by atoms with E-state index in [-0.39, 0.29) is 41.0 Å². The predicted molar refractivity (Wildman–Crippen MR) is 104 cm³/mol. The molecule has 3 rings (SSSR count). The molecule has 2 aromatic carbocycles. The molecule has 0 unspecified atom stereocenters. The van der Waals surface area contributed by atoms with Gasteiger partial charge in [0.2, 0.25) is 11.8 Å². The maximum atomic E-state index is 12.8. The van der Waals surface area contributed by atoms with Gasteiger partial charge in [-0.25, -0.2) is 13.3 Å². The van der Waals surface area contributed by atoms with Crippen LogP contribution >= 0.6 is 11.8 Å². The number of sulfonamides is 1. The number of amides is 2. The van der Waals surface area contributed by atoms with Gasteiger partial charge in [-0.05, 0) is 36.6 Å². The normalized spacial score (nSPS) is 14.5. The number of imide groups is 1. The van der Waals surface area contributed by atoms with Crippen LogP contribution in [0.5, 0.6) is 5.75 Å². The summed E-state index contributed by atoms with van der Waals surface area (Å²) in [5, 5.41) is 0. The SMILES string of the molecule is COc1ccc(S(=O)(=O)Nc2ccccc2SC)cc1N1C(=O)CCC1=O. The zero-order valence-electron chi connectivity index (χ0n) is 14.8. The molecule has 1 aliphatic rings. The lowest BCUT2D eigenvalue weighted by Crippen LogP contribution is -2.29. The summed E-state index contributed by atoms with van der Waals surface area (Å²) >= 11 is 1.42. The van der Waals surface area contributed by atoms with Gasteiger partial charge in [-0.15, -0.1) is 11.8 Å². The molecule has 2 aromatic rings. The van der Waals surface area contributed by atoms with Gasteiger partial charge in [0.15, 0.2) is 0 Å². The summed E-state index contributed by atoms with van der Waals surface area (Å²) in [5.74, 6) is -0.510. The van der Waals surface area contributed by atoms with Crippen molar-refractivity contribution in [2.45, 2.75) is 22.6 Å². The van der Waals surface area contributed by atoms with Crippen LogP contribution in [-0.4, -0.2) is 33.6 Å². The highest BCUT2D eigenvalue weighted by Crippen LogP contribution is 2.35. The maximum absolute atomic E-state index is 12.8. The van der Waals surface area contributed by atoms with E-state index in [0.717, 1.165) is 9.80 Å². The van der Waals surface area contributed by atoms with Gasteiger partial charge in [-0.2, -0.15) is 0 Å². The second-order valence-corrected chi connectivity index (χ2v) is 8.29. The lowest BCUT2D eigenvalue weighted by Gasteiger charge is -2.19. The number of methoxy groups -OCH3 is 1. The van der Waals surface area contributed by atoms with E-state index in [1.54, 1.807) is 12.1 Å². The van der Waals surface area contributed by atoms with Crippen molar-refractivity contribution in [3.8, 4) is 5.75 Å². The van der Waals surface area contributed by atoms with Crippen LogP contribution in [0, 0.1) is 0 Å². The third-order valence-electron chi connectivity index (χ3n) is 4.10. The summed E-state index contributed by atoms with van der Waals surface area (Å²) in [6, 6.07) is 11.1. The first kappa shape index (κ1) is 19.2. The number of thioether (sulfide) groups is 1. The first-order valence-corrected chi connectivity index (χ1v) is 10.8. The van der Waals surface area contributed by atoms with Gasteiger partial charge in [0.1, 0.15) is 5.75 Å². The third-order valence-corrected chi connectivity index (χ3v) is 6.26. The molecule has 0 radical (unpaired) electrons. The maximum Gasteiger partial charge on any atom is 0.262 e. The molecule has 1 N–H and O–H groups in total. The third kappa shape index (κ3) is 3.79. The molecule has 0 bridgehead atoms. The Morgan fingerprint density at radius 2 is 1.74 bits per heavy atom. The Labute approximate surface area is 161 Å². The van der Waals surface area contributed by atoms with Crippen molar-refractivity contribution in [3.63, 3.8) is 0 Å². The number of benzene rings is 2. The molecular formula is C18H18N2O5S2. The van der Waals surface area contributed by atoms with Crippen LogP contribution in [-0.2, 0) is 19.6 Å². The molecule has 0 saturated carbocycles. The zero-order chi connectivity index (χ0) is 19.6. The van der Waals surface area contributed by atoms with Crippen molar-refractivity contribution < 1.29 is 22.7 Å². The molecule has 0 aliphatic carbocycles. The summed E-state index contributed by atoms with van der Waals surface area (Å²) in [6.45, 7) is 0. The average Bonchev–Trinajstić information content (AvgIpc) is 2.99. The molecule has 1 aliphatic heterocycles. The van der Waals surface area contributed by atoms with Gasteiger partial charge >= 0.3 is 0 Å². The van der Waals surface area contributed by atoms with E-state index in [1.165, 1.54) is 37.1 Å². The number of nitrogens with one attached hydrogen (secondary N) is 1. The highest BCUT2D eigenvalue weighted by Gasteiger charge is 2.33. The second-order valence-electron chi connectivity index (χ2n) is 5.76. The number of anilines is 2. The van der Waals surface area contributed by atoms with Gasteiger partial charge in [-0.1, -0.05) is 12.1 Å². The summed E-state index contributed by atoms with van der Waals surface area (Å²) in [5.41, 5.74) is 0.585. The van der Waals surface area contributed by atoms with E-state index in [2.05, 4.69) is 4.72 Å². The molecule has 0 atom stereocenters. The highest BCUT2D eigenvalue weighted by molar-refractivity contribution is 7.99. The Kier molecular flexibility index (Phi) is 5.43. The van der Waals surface area contributed by atoms with Crippen LogP contribution in [0.2, 0.25) is 0 Å². The van der Waals surface area contributed by atoms with Crippen molar-refractivity contribution >= 4 is 45.0 Å². The Morgan fingerprint density at radius 1 is 1.07 bits per heavy atom. The lowest BCUT2D eigenvalue weighted by molar-refractivity contribution is -0.121. The molecule has 142 valence electrons. The van der Waals surface area contributed by atoms with Gasteiger partial charge in [0.25, 0.3) is 10.0 Å². The molecule has 0 aromatic heterocycles. The van der Waals surface area contributed by atoms with E-state index >= 15 is 0 Å². The Bertz CT molecular complexity index is 989. The monoisotopic (exact) mass is 406 g/mol. The molecular weight excluding hydrogens is 388 g/mol. The largest absolute Gasteiger partial charge is 0.495 e. The Hall–Kier alpha value is -2.52. The van der Waals surface area contributed by atoms with E-state index in [1.807, 2.05) is 18.4 Å². The quantitative estimate of drug-likeness (QED) is 0.586. The molecule has 27 heavy (non-hydrogen) atoms. The number of hydrogen-bond acceptors (Lipinski definition) is 6. The average molecular weight is 406 g/mol. The van der Waals surface area contributed by atoms with Gasteiger partial charge < -0.3 is 4.74 Å². The lowest BCUT2D eigenvalue weighted by atomic mass is 10.2. The van der Waals surface area contributed by atoms with Crippen LogP contribution in [0.3, 0.4) is 0 Å². The van der Waals surface area contributed by atoms with E-state index in [4.69, 9.17) is 4.74 Å². The van der Waals surface area contributed by atoms with Gasteiger partial charge in [0.05, 0.1) is 23.4 Å². The van der Waals surface area contributed by atoms with Gasteiger partial charge in [-0.3, -0.25) is 14.3 Å². The smallest absolute Gasteiger partial charge is 0.262 e. The minimum atomic E-state index is -3.93. The standard InChI is InChI=1S/C18H18N2O5S2/c1-25-15-8-7-12(11-14(15)20-17(21)9-10-18(20)22)27(23,24)19-13-5-3-4-6-16(13)26-2/h3-8,11,19H,9-10H2,1-2H3. The molecule has 1 saturated heterocycles. The number of rotatable bonds is 6. The molecule has 1 fully saturated rings. The van der Waals surface area contributed by atoms with Crippen molar-refractivity contribution in [1.82, 2.24) is 0 Å². The number of para-hydroxylation sites is 1. The number of ether oxygens (including phenoxy) is 1. The fourth-order valence-corrected chi connectivity index (χ4v) is 4.51. The first-order valence-electron chi connectivity index (χ1n) is 8.07. The summed E-state index contributed by atoms with van der Waals surface area (Å²) in [7, 11) is -2.53. The van der Waals surface area contributed by atoms with Gasteiger partial charge in [0, 0.05) is 17.7 Å². The van der Waals surface area contributed by atoms with Crippen molar-refractivity contribution in [2.24, 2.45) is 0 Å². The van der Waals surface area contributed by atoms with Crippen molar-refractivity contribution in [2.75, 3.05) is 23.0 Å². The predicted octanol–water partition coefficient (Wildman–Crippen LogP) is 2.87. The van der Waals surface area contributed by atoms with Crippen LogP contribution in [0.1, 0.15) is 12.8 Å². The number of nitrogens with zero attached hydrogens (tertiary/aromatic N) is 1. The minimum absolute atomic E-state index is 0.0679. The highest BCUT2D eigenvalue weighted by atomic mass is 32.2. The molecule has 1 heterocycles. The number of hydrogen-bond donors (Lipinski definition) is 1.